The van der Waals surface area contributed by atoms with Gasteiger partial charge >= 0.3 is 0 Å². The van der Waals surface area contributed by atoms with Crippen molar-refractivity contribution in [3.05, 3.63) is 59.5 Å². The smallest absolute Gasteiger partial charge is 0.255 e. The number of rotatable bonds is 5. The molecule has 1 heterocycles. The van der Waals surface area contributed by atoms with E-state index in [9.17, 15) is 9.18 Å². The molecule has 0 unspecified atom stereocenters. The van der Waals surface area contributed by atoms with Crippen molar-refractivity contribution in [2.45, 2.75) is 6.42 Å². The molecule has 1 amide bonds. The largest absolute Gasteiger partial charge is 0.372 e. The summed E-state index contributed by atoms with van der Waals surface area (Å²) in [4.78, 5) is 16.1. The summed E-state index contributed by atoms with van der Waals surface area (Å²) < 4.78 is 12.8. The number of nitrogens with zero attached hydrogens (tertiary/aromatic N) is 1. The molecule has 0 radical (unpaired) electrons. The lowest BCUT2D eigenvalue weighted by atomic mass is 10.1. The molecule has 0 saturated heterocycles. The molecule has 0 bridgehead atoms. The van der Waals surface area contributed by atoms with Gasteiger partial charge in [-0.15, -0.1) is 0 Å². The first-order valence-corrected chi connectivity index (χ1v) is 6.36. The first-order valence-electron chi connectivity index (χ1n) is 6.36. The molecule has 0 saturated carbocycles. The van der Waals surface area contributed by atoms with Crippen LogP contribution in [0.4, 0.5) is 10.2 Å². The summed E-state index contributed by atoms with van der Waals surface area (Å²) in [5.41, 5.74) is 1.49. The number of carbonyl (C=O) groups is 1. The van der Waals surface area contributed by atoms with Crippen molar-refractivity contribution in [1.82, 2.24) is 10.3 Å². The van der Waals surface area contributed by atoms with E-state index >= 15 is 0 Å². The van der Waals surface area contributed by atoms with Gasteiger partial charge in [-0.25, -0.2) is 9.37 Å². The Morgan fingerprint density at radius 3 is 2.70 bits per heavy atom. The third-order valence-corrected chi connectivity index (χ3v) is 2.90. The van der Waals surface area contributed by atoms with Gasteiger partial charge in [-0.3, -0.25) is 4.79 Å². The Kier molecular flexibility index (Phi) is 4.65. The summed E-state index contributed by atoms with van der Waals surface area (Å²) in [5.74, 6) is 0.114. The average Bonchev–Trinajstić information content (AvgIpc) is 2.49. The van der Waals surface area contributed by atoms with Crippen LogP contribution in [0.1, 0.15) is 15.9 Å². The molecule has 0 atom stereocenters. The molecule has 104 valence electrons. The molecule has 4 nitrogen and oxygen atoms in total. The van der Waals surface area contributed by atoms with Gasteiger partial charge in [-0.2, -0.15) is 0 Å². The number of pyridine rings is 1. The van der Waals surface area contributed by atoms with Gasteiger partial charge in [-0.05, 0) is 36.2 Å². The molecular weight excluding hydrogens is 257 g/mol. The van der Waals surface area contributed by atoms with Gasteiger partial charge in [0.25, 0.3) is 5.91 Å². The van der Waals surface area contributed by atoms with E-state index in [1.54, 1.807) is 37.5 Å². The Balaban J connectivity index is 1.90. The first kappa shape index (κ1) is 14.0. The predicted octanol–water partition coefficient (Wildman–Crippen LogP) is 2.23. The Morgan fingerprint density at radius 2 is 2.00 bits per heavy atom. The van der Waals surface area contributed by atoms with E-state index < -0.39 is 0 Å². The van der Waals surface area contributed by atoms with Crippen molar-refractivity contribution < 1.29 is 9.18 Å². The summed E-state index contributed by atoms with van der Waals surface area (Å²) in [5, 5.41) is 5.70. The van der Waals surface area contributed by atoms with Gasteiger partial charge in [0.1, 0.15) is 11.6 Å². The topological polar surface area (TPSA) is 54.0 Å². The summed E-state index contributed by atoms with van der Waals surface area (Å²) >= 11 is 0. The van der Waals surface area contributed by atoms with Crippen LogP contribution in [-0.4, -0.2) is 24.5 Å². The van der Waals surface area contributed by atoms with E-state index in [0.717, 1.165) is 5.56 Å². The van der Waals surface area contributed by atoms with Crippen LogP contribution in [0.5, 0.6) is 0 Å². The second-order valence-electron chi connectivity index (χ2n) is 4.28. The second-order valence-corrected chi connectivity index (χ2v) is 4.28. The van der Waals surface area contributed by atoms with E-state index in [4.69, 9.17) is 0 Å². The van der Waals surface area contributed by atoms with Crippen LogP contribution in [0, 0.1) is 5.82 Å². The third-order valence-electron chi connectivity index (χ3n) is 2.90. The molecule has 2 N–H and O–H groups in total. The molecule has 0 aliphatic heterocycles. The van der Waals surface area contributed by atoms with Gasteiger partial charge in [0.05, 0.1) is 5.56 Å². The highest BCUT2D eigenvalue weighted by atomic mass is 19.1. The van der Waals surface area contributed by atoms with Crippen LogP contribution in [0.25, 0.3) is 0 Å². The summed E-state index contributed by atoms with van der Waals surface area (Å²) in [6, 6.07) is 9.69. The summed E-state index contributed by atoms with van der Waals surface area (Å²) in [7, 11) is 1.72. The van der Waals surface area contributed by atoms with Crippen LogP contribution in [0.3, 0.4) is 0 Å². The fourth-order valence-corrected chi connectivity index (χ4v) is 1.85. The zero-order valence-corrected chi connectivity index (χ0v) is 11.2. The van der Waals surface area contributed by atoms with Crippen molar-refractivity contribution in [2.24, 2.45) is 0 Å². The van der Waals surface area contributed by atoms with Crippen molar-refractivity contribution >= 4 is 11.7 Å². The van der Waals surface area contributed by atoms with Gasteiger partial charge in [0.2, 0.25) is 0 Å². The molecule has 2 aromatic rings. The second kappa shape index (κ2) is 6.65. The van der Waals surface area contributed by atoms with Gasteiger partial charge < -0.3 is 10.6 Å². The number of carbonyl (C=O) groups excluding carboxylic acids is 1. The SMILES string of the molecule is CNc1ncccc1C(=O)NCCc1ccc(F)cc1. The van der Waals surface area contributed by atoms with E-state index in [2.05, 4.69) is 15.6 Å². The van der Waals surface area contributed by atoms with E-state index in [0.29, 0.717) is 24.3 Å². The highest BCUT2D eigenvalue weighted by Gasteiger charge is 2.10. The Morgan fingerprint density at radius 1 is 1.25 bits per heavy atom. The van der Waals surface area contributed by atoms with E-state index in [1.807, 2.05) is 0 Å². The third kappa shape index (κ3) is 3.54. The summed E-state index contributed by atoms with van der Waals surface area (Å²) in [6.07, 6.45) is 2.28. The predicted molar refractivity (Wildman–Crippen MR) is 76.2 cm³/mol. The molecule has 0 aliphatic rings. The fourth-order valence-electron chi connectivity index (χ4n) is 1.85. The van der Waals surface area contributed by atoms with Crippen LogP contribution < -0.4 is 10.6 Å². The minimum atomic E-state index is -0.258. The highest BCUT2D eigenvalue weighted by Crippen LogP contribution is 2.10. The number of nitrogens with one attached hydrogen (secondary N) is 2. The first-order chi connectivity index (χ1) is 9.70. The fraction of sp³-hybridized carbons (Fsp3) is 0.200. The lowest BCUT2D eigenvalue weighted by molar-refractivity contribution is 0.0954. The Bertz CT molecular complexity index is 584. The maximum absolute atomic E-state index is 12.8. The van der Waals surface area contributed by atoms with Crippen molar-refractivity contribution in [3.63, 3.8) is 0 Å². The molecular formula is C15H16FN3O. The number of hydrogen-bond donors (Lipinski definition) is 2. The number of benzene rings is 1. The van der Waals surface area contributed by atoms with E-state index in [-0.39, 0.29) is 11.7 Å². The number of anilines is 1. The Labute approximate surface area is 117 Å². The zero-order chi connectivity index (χ0) is 14.4. The molecule has 0 spiro atoms. The van der Waals surface area contributed by atoms with Crippen LogP contribution >= 0.6 is 0 Å². The van der Waals surface area contributed by atoms with Crippen molar-refractivity contribution in [2.75, 3.05) is 18.9 Å². The minimum Gasteiger partial charge on any atom is -0.372 e. The van der Waals surface area contributed by atoms with Gasteiger partial charge in [-0.1, -0.05) is 12.1 Å². The zero-order valence-electron chi connectivity index (χ0n) is 11.2. The minimum absolute atomic E-state index is 0.176. The molecule has 20 heavy (non-hydrogen) atoms. The van der Waals surface area contributed by atoms with Gasteiger partial charge in [0, 0.05) is 19.8 Å². The molecule has 0 aliphatic carbocycles. The average molecular weight is 273 g/mol. The number of amides is 1. The van der Waals surface area contributed by atoms with Crippen molar-refractivity contribution in [1.29, 1.82) is 0 Å². The standard InChI is InChI=1S/C15H16FN3O/c1-17-14-13(3-2-9-18-14)15(20)19-10-8-11-4-6-12(16)7-5-11/h2-7,9H,8,10H2,1H3,(H,17,18)(H,19,20). The monoisotopic (exact) mass is 273 g/mol. The highest BCUT2D eigenvalue weighted by molar-refractivity contribution is 5.98. The molecule has 1 aromatic carbocycles. The summed E-state index contributed by atoms with van der Waals surface area (Å²) in [6.45, 7) is 0.489. The lowest BCUT2D eigenvalue weighted by Gasteiger charge is -2.08. The van der Waals surface area contributed by atoms with Crippen LogP contribution in [0.2, 0.25) is 0 Å². The quantitative estimate of drug-likeness (QED) is 0.878. The normalized spacial score (nSPS) is 10.1. The number of aromatic nitrogens is 1. The number of hydrogen-bond acceptors (Lipinski definition) is 3. The molecule has 5 heteroatoms. The van der Waals surface area contributed by atoms with Gasteiger partial charge in [0.15, 0.2) is 0 Å². The maximum Gasteiger partial charge on any atom is 0.255 e. The molecule has 1 aromatic heterocycles. The maximum atomic E-state index is 12.8. The van der Waals surface area contributed by atoms with Crippen LogP contribution in [0.15, 0.2) is 42.6 Å². The van der Waals surface area contributed by atoms with Crippen molar-refractivity contribution in [3.8, 4) is 0 Å². The lowest BCUT2D eigenvalue weighted by Crippen LogP contribution is -2.26. The van der Waals surface area contributed by atoms with Crippen LogP contribution in [-0.2, 0) is 6.42 Å². The Hall–Kier alpha value is -2.43. The molecule has 2 rings (SSSR count). The van der Waals surface area contributed by atoms with E-state index in [1.165, 1.54) is 12.1 Å². The molecule has 0 fully saturated rings. The number of halogens is 1.